The number of aromatic nitrogens is 3. The Bertz CT molecular complexity index is 1070. The second kappa shape index (κ2) is 7.40. The van der Waals surface area contributed by atoms with Gasteiger partial charge >= 0.3 is 11.9 Å². The number of imidazole rings is 1. The standard InChI is InChI=1S/C19H20F3N3O3/c1-11-14(4-3-5-15(11)19(20,21)22)12-8-16-17(23-9-12)24(2)18(28)25(16)10-13(27)6-7-26/h3-5,8-9,13,26-27H,6-7,10H2,1-2H3/t13-/m1/s1. The van der Waals surface area contributed by atoms with Gasteiger partial charge in [0.15, 0.2) is 5.65 Å². The molecule has 0 saturated carbocycles. The van der Waals surface area contributed by atoms with Gasteiger partial charge in [-0.2, -0.15) is 13.2 Å². The van der Waals surface area contributed by atoms with E-state index in [-0.39, 0.29) is 25.1 Å². The second-order valence-electron chi connectivity index (χ2n) is 6.66. The number of nitrogens with zero attached hydrogens (tertiary/aromatic N) is 3. The smallest absolute Gasteiger partial charge is 0.396 e. The molecule has 2 N–H and O–H groups in total. The minimum Gasteiger partial charge on any atom is -0.396 e. The first-order valence-electron chi connectivity index (χ1n) is 8.66. The molecule has 0 unspecified atom stereocenters. The van der Waals surface area contributed by atoms with Crippen molar-refractivity contribution in [1.29, 1.82) is 0 Å². The van der Waals surface area contributed by atoms with Crippen LogP contribution in [0.2, 0.25) is 0 Å². The molecule has 0 aliphatic heterocycles. The average Bonchev–Trinajstić information content (AvgIpc) is 2.85. The SMILES string of the molecule is Cc1c(-c2cnc3c(c2)n(C[C@H](O)CCO)c(=O)n3C)cccc1C(F)(F)F. The van der Waals surface area contributed by atoms with Crippen LogP contribution in [0.1, 0.15) is 17.5 Å². The van der Waals surface area contributed by atoms with Crippen LogP contribution in [0.15, 0.2) is 35.3 Å². The predicted octanol–water partition coefficient (Wildman–Crippen LogP) is 2.47. The van der Waals surface area contributed by atoms with Gasteiger partial charge in [0.25, 0.3) is 0 Å². The molecule has 3 rings (SSSR count). The van der Waals surface area contributed by atoms with Gasteiger partial charge in [-0.05, 0) is 36.6 Å². The highest BCUT2D eigenvalue weighted by atomic mass is 19.4. The first-order valence-corrected chi connectivity index (χ1v) is 8.66. The van der Waals surface area contributed by atoms with Crippen molar-refractivity contribution in [2.75, 3.05) is 6.61 Å². The molecule has 2 heterocycles. The molecular formula is C19H20F3N3O3. The highest BCUT2D eigenvalue weighted by Crippen LogP contribution is 2.36. The number of hydrogen-bond acceptors (Lipinski definition) is 4. The Kier molecular flexibility index (Phi) is 5.31. The van der Waals surface area contributed by atoms with Gasteiger partial charge in [-0.15, -0.1) is 0 Å². The first kappa shape index (κ1) is 20.1. The summed E-state index contributed by atoms with van der Waals surface area (Å²) in [7, 11) is 1.53. The number of rotatable bonds is 5. The Morgan fingerprint density at radius 1 is 1.29 bits per heavy atom. The zero-order valence-corrected chi connectivity index (χ0v) is 15.4. The van der Waals surface area contributed by atoms with Crippen molar-refractivity contribution in [3.63, 3.8) is 0 Å². The molecule has 28 heavy (non-hydrogen) atoms. The van der Waals surface area contributed by atoms with Gasteiger partial charge in [-0.3, -0.25) is 9.13 Å². The topological polar surface area (TPSA) is 80.3 Å². The third kappa shape index (κ3) is 3.55. The molecule has 0 radical (unpaired) electrons. The van der Waals surface area contributed by atoms with E-state index in [9.17, 15) is 23.1 Å². The number of fused-ring (bicyclic) bond motifs is 1. The van der Waals surface area contributed by atoms with E-state index in [1.807, 2.05) is 0 Å². The quantitative estimate of drug-likeness (QED) is 0.696. The van der Waals surface area contributed by atoms with Crippen molar-refractivity contribution in [3.05, 3.63) is 52.1 Å². The molecule has 3 aromatic rings. The maximum atomic E-state index is 13.2. The molecule has 6 nitrogen and oxygen atoms in total. The fourth-order valence-corrected chi connectivity index (χ4v) is 3.31. The normalized spacial score (nSPS) is 13.2. The Balaban J connectivity index is 2.17. The summed E-state index contributed by atoms with van der Waals surface area (Å²) in [6.07, 6.45) is -3.88. The maximum Gasteiger partial charge on any atom is 0.416 e. The monoisotopic (exact) mass is 395 g/mol. The zero-order valence-electron chi connectivity index (χ0n) is 15.4. The molecule has 0 amide bonds. The number of benzene rings is 1. The van der Waals surface area contributed by atoms with Crippen LogP contribution < -0.4 is 5.69 Å². The first-order chi connectivity index (χ1) is 13.1. The number of pyridine rings is 1. The summed E-state index contributed by atoms with van der Waals surface area (Å²) in [5.41, 5.74) is 0.496. The van der Waals surface area contributed by atoms with Crippen molar-refractivity contribution in [2.45, 2.75) is 32.2 Å². The minimum absolute atomic E-state index is 0.0521. The van der Waals surface area contributed by atoms with Crippen LogP contribution >= 0.6 is 0 Å². The molecule has 0 spiro atoms. The number of hydrogen-bond donors (Lipinski definition) is 2. The van der Waals surface area contributed by atoms with Gasteiger partial charge < -0.3 is 10.2 Å². The summed E-state index contributed by atoms with van der Waals surface area (Å²) in [6, 6.07) is 5.52. The van der Waals surface area contributed by atoms with E-state index >= 15 is 0 Å². The van der Waals surface area contributed by atoms with E-state index in [0.717, 1.165) is 6.07 Å². The Hall–Kier alpha value is -2.65. The van der Waals surface area contributed by atoms with Gasteiger partial charge in [0.1, 0.15) is 0 Å². The molecule has 0 bridgehead atoms. The molecule has 2 aromatic heterocycles. The largest absolute Gasteiger partial charge is 0.416 e. The lowest BCUT2D eigenvalue weighted by atomic mass is 9.97. The van der Waals surface area contributed by atoms with Gasteiger partial charge in [-0.1, -0.05) is 12.1 Å². The average molecular weight is 395 g/mol. The molecule has 0 saturated heterocycles. The summed E-state index contributed by atoms with van der Waals surface area (Å²) in [5.74, 6) is 0. The second-order valence-corrected chi connectivity index (χ2v) is 6.66. The van der Waals surface area contributed by atoms with E-state index in [1.165, 1.54) is 35.4 Å². The van der Waals surface area contributed by atoms with Crippen molar-refractivity contribution in [3.8, 4) is 11.1 Å². The zero-order chi connectivity index (χ0) is 20.6. The van der Waals surface area contributed by atoms with E-state index in [0.29, 0.717) is 22.3 Å². The summed E-state index contributed by atoms with van der Waals surface area (Å²) < 4.78 is 42.3. The van der Waals surface area contributed by atoms with Crippen molar-refractivity contribution >= 4 is 11.2 Å². The van der Waals surface area contributed by atoms with E-state index in [1.54, 1.807) is 12.1 Å². The molecule has 1 aromatic carbocycles. The van der Waals surface area contributed by atoms with Crippen LogP contribution in [0.4, 0.5) is 13.2 Å². The number of aliphatic hydroxyl groups excluding tert-OH is 2. The summed E-state index contributed by atoms with van der Waals surface area (Å²) >= 11 is 0. The summed E-state index contributed by atoms with van der Waals surface area (Å²) in [5, 5.41) is 18.9. The van der Waals surface area contributed by atoms with Crippen molar-refractivity contribution < 1.29 is 23.4 Å². The maximum absolute atomic E-state index is 13.2. The Morgan fingerprint density at radius 2 is 2.00 bits per heavy atom. The van der Waals surface area contributed by atoms with Gasteiger partial charge in [-0.25, -0.2) is 9.78 Å². The van der Waals surface area contributed by atoms with E-state index in [4.69, 9.17) is 5.11 Å². The molecular weight excluding hydrogens is 375 g/mol. The van der Waals surface area contributed by atoms with Gasteiger partial charge in [0.2, 0.25) is 0 Å². The van der Waals surface area contributed by atoms with Crippen LogP contribution in [0.25, 0.3) is 22.3 Å². The lowest BCUT2D eigenvalue weighted by molar-refractivity contribution is -0.138. The summed E-state index contributed by atoms with van der Waals surface area (Å²) in [6.45, 7) is 1.11. The van der Waals surface area contributed by atoms with Crippen LogP contribution in [-0.2, 0) is 19.8 Å². The fourth-order valence-electron chi connectivity index (χ4n) is 3.31. The Morgan fingerprint density at radius 3 is 2.64 bits per heavy atom. The van der Waals surface area contributed by atoms with Crippen LogP contribution in [-0.4, -0.2) is 37.0 Å². The lowest BCUT2D eigenvalue weighted by Gasteiger charge is -2.14. The number of aliphatic hydroxyl groups is 2. The molecule has 0 aliphatic carbocycles. The van der Waals surface area contributed by atoms with Gasteiger partial charge in [0, 0.05) is 25.4 Å². The highest BCUT2D eigenvalue weighted by molar-refractivity contribution is 5.80. The van der Waals surface area contributed by atoms with Crippen LogP contribution in [0.3, 0.4) is 0 Å². The lowest BCUT2D eigenvalue weighted by Crippen LogP contribution is -2.28. The molecule has 1 atom stereocenters. The van der Waals surface area contributed by atoms with Gasteiger partial charge in [0.05, 0.1) is 23.7 Å². The number of halogens is 3. The fraction of sp³-hybridized carbons (Fsp3) is 0.368. The third-order valence-corrected chi connectivity index (χ3v) is 4.78. The molecule has 0 fully saturated rings. The van der Waals surface area contributed by atoms with E-state index in [2.05, 4.69) is 4.98 Å². The van der Waals surface area contributed by atoms with Crippen molar-refractivity contribution in [1.82, 2.24) is 14.1 Å². The molecule has 9 heteroatoms. The molecule has 150 valence electrons. The van der Waals surface area contributed by atoms with E-state index < -0.39 is 23.5 Å². The van der Waals surface area contributed by atoms with Crippen molar-refractivity contribution in [2.24, 2.45) is 7.05 Å². The number of aryl methyl sites for hydroxylation is 1. The summed E-state index contributed by atoms with van der Waals surface area (Å²) in [4.78, 5) is 16.7. The predicted molar refractivity (Wildman–Crippen MR) is 97.9 cm³/mol. The molecule has 0 aliphatic rings. The minimum atomic E-state index is -4.47. The van der Waals surface area contributed by atoms with Crippen LogP contribution in [0, 0.1) is 6.92 Å². The number of alkyl halides is 3. The Labute approximate surface area is 158 Å². The highest BCUT2D eigenvalue weighted by Gasteiger charge is 2.33. The third-order valence-electron chi connectivity index (χ3n) is 4.78. The van der Waals surface area contributed by atoms with Crippen LogP contribution in [0.5, 0.6) is 0 Å².